The molecule has 1 aromatic heterocycles. The number of hydrogen-bond donors (Lipinski definition) is 0. The van der Waals surface area contributed by atoms with Gasteiger partial charge in [-0.3, -0.25) is 4.79 Å². The highest BCUT2D eigenvalue weighted by molar-refractivity contribution is 7.91. The lowest BCUT2D eigenvalue weighted by atomic mass is 10.2. The molecule has 0 unspecified atom stereocenters. The van der Waals surface area contributed by atoms with Crippen molar-refractivity contribution in [2.24, 2.45) is 12.0 Å². The summed E-state index contributed by atoms with van der Waals surface area (Å²) in [6.45, 7) is 2.01. The molecular formula is C18H18N2O3S2. The molecule has 130 valence electrons. The van der Waals surface area contributed by atoms with Crippen molar-refractivity contribution in [3.05, 3.63) is 58.9 Å². The number of aryl methyl sites for hydroxylation is 2. The van der Waals surface area contributed by atoms with Crippen molar-refractivity contribution >= 4 is 37.3 Å². The summed E-state index contributed by atoms with van der Waals surface area (Å²) in [6.07, 6.45) is -0.134. The van der Waals surface area contributed by atoms with Crippen molar-refractivity contribution in [3.63, 3.8) is 0 Å². The normalized spacial score (nSPS) is 12.6. The molecule has 0 aliphatic carbocycles. The van der Waals surface area contributed by atoms with Crippen LogP contribution in [0.2, 0.25) is 0 Å². The lowest BCUT2D eigenvalue weighted by molar-refractivity contribution is -0.117. The van der Waals surface area contributed by atoms with Crippen molar-refractivity contribution in [1.29, 1.82) is 0 Å². The highest BCUT2D eigenvalue weighted by atomic mass is 32.2. The van der Waals surface area contributed by atoms with Crippen LogP contribution in [-0.2, 0) is 21.7 Å². The van der Waals surface area contributed by atoms with Gasteiger partial charge in [0.05, 0.1) is 20.9 Å². The van der Waals surface area contributed by atoms with Gasteiger partial charge in [0.2, 0.25) is 5.91 Å². The van der Waals surface area contributed by atoms with Crippen LogP contribution in [-0.4, -0.2) is 24.6 Å². The van der Waals surface area contributed by atoms with Crippen molar-refractivity contribution in [1.82, 2.24) is 4.57 Å². The fourth-order valence-corrected chi connectivity index (χ4v) is 4.86. The zero-order valence-electron chi connectivity index (χ0n) is 14.0. The molecule has 3 aromatic rings. The minimum atomic E-state index is -3.47. The lowest BCUT2D eigenvalue weighted by Gasteiger charge is -2.02. The van der Waals surface area contributed by atoms with Gasteiger partial charge in [-0.2, -0.15) is 4.99 Å². The van der Waals surface area contributed by atoms with Crippen LogP contribution in [0.25, 0.3) is 10.2 Å². The summed E-state index contributed by atoms with van der Waals surface area (Å²) in [5.74, 6) is -0.675. The molecule has 0 spiro atoms. The third-order valence-corrected chi connectivity index (χ3v) is 6.70. The maximum atomic E-state index is 12.2. The Hall–Kier alpha value is -2.25. The molecule has 0 aliphatic rings. The maximum absolute atomic E-state index is 12.2. The standard InChI is InChI=1S/C18H18N2O3S2/c1-13-8-9-15-16(12-13)24-18(20(15)2)19-17(21)10-11-25(22,23)14-6-4-3-5-7-14/h3-9,12H,10-11H2,1-2H3. The van der Waals surface area contributed by atoms with Gasteiger partial charge in [0.1, 0.15) is 0 Å². The number of amides is 1. The number of hydrogen-bond acceptors (Lipinski definition) is 4. The fourth-order valence-electron chi connectivity index (χ4n) is 2.48. The van der Waals surface area contributed by atoms with E-state index in [1.165, 1.54) is 23.5 Å². The largest absolute Gasteiger partial charge is 0.319 e. The Morgan fingerprint density at radius 2 is 1.88 bits per heavy atom. The number of nitrogens with zero attached hydrogens (tertiary/aromatic N) is 2. The maximum Gasteiger partial charge on any atom is 0.249 e. The molecule has 25 heavy (non-hydrogen) atoms. The molecule has 1 heterocycles. The molecule has 7 heteroatoms. The van der Waals surface area contributed by atoms with Gasteiger partial charge in [0.15, 0.2) is 14.6 Å². The SMILES string of the molecule is Cc1ccc2c(c1)sc(=NC(=O)CCS(=O)(=O)c1ccccc1)n2C. The van der Waals surface area contributed by atoms with Gasteiger partial charge < -0.3 is 4.57 Å². The number of carbonyl (C=O) groups excluding carboxylic acids is 1. The van der Waals surface area contributed by atoms with E-state index in [2.05, 4.69) is 4.99 Å². The number of rotatable bonds is 4. The first kappa shape index (κ1) is 17.6. The zero-order valence-corrected chi connectivity index (χ0v) is 15.6. The molecule has 3 rings (SSSR count). The summed E-state index contributed by atoms with van der Waals surface area (Å²) in [4.78, 5) is 17.0. The average molecular weight is 374 g/mol. The van der Waals surface area contributed by atoms with Crippen molar-refractivity contribution in [2.75, 3.05) is 5.75 Å². The number of aromatic nitrogens is 1. The van der Waals surface area contributed by atoms with Gasteiger partial charge in [-0.15, -0.1) is 0 Å². The molecule has 0 saturated heterocycles. The number of benzene rings is 2. The lowest BCUT2D eigenvalue weighted by Crippen LogP contribution is -2.15. The predicted molar refractivity (Wildman–Crippen MR) is 99.2 cm³/mol. The summed E-state index contributed by atoms with van der Waals surface area (Å²) in [5, 5.41) is 0. The number of fused-ring (bicyclic) bond motifs is 1. The summed E-state index contributed by atoms with van der Waals surface area (Å²) in [5.41, 5.74) is 2.14. The van der Waals surface area contributed by atoms with Crippen molar-refractivity contribution in [3.8, 4) is 0 Å². The van der Waals surface area contributed by atoms with Gasteiger partial charge in [-0.05, 0) is 36.8 Å². The molecule has 0 fully saturated rings. The first-order chi connectivity index (χ1) is 11.9. The molecule has 0 saturated carbocycles. The quantitative estimate of drug-likeness (QED) is 0.705. The van der Waals surface area contributed by atoms with Crippen LogP contribution in [0.5, 0.6) is 0 Å². The molecule has 0 atom stereocenters. The summed E-state index contributed by atoms with van der Waals surface area (Å²) >= 11 is 1.42. The molecule has 0 aliphatic heterocycles. The van der Waals surface area contributed by atoms with E-state index in [-0.39, 0.29) is 17.1 Å². The van der Waals surface area contributed by atoms with E-state index < -0.39 is 15.7 Å². The first-order valence-electron chi connectivity index (χ1n) is 7.78. The Labute approximate surface area is 150 Å². The predicted octanol–water partition coefficient (Wildman–Crippen LogP) is 2.84. The fraction of sp³-hybridized carbons (Fsp3) is 0.222. The molecular weight excluding hydrogens is 356 g/mol. The van der Waals surface area contributed by atoms with Crippen LogP contribution in [0.3, 0.4) is 0 Å². The topological polar surface area (TPSA) is 68.5 Å². The van der Waals surface area contributed by atoms with Crippen molar-refractivity contribution < 1.29 is 13.2 Å². The molecule has 2 aromatic carbocycles. The second-order valence-corrected chi connectivity index (χ2v) is 8.92. The molecule has 0 radical (unpaired) electrons. The van der Waals surface area contributed by atoms with E-state index in [0.29, 0.717) is 4.80 Å². The number of carbonyl (C=O) groups is 1. The Morgan fingerprint density at radius 3 is 2.60 bits per heavy atom. The first-order valence-corrected chi connectivity index (χ1v) is 10.3. The number of sulfone groups is 1. The Kier molecular flexibility index (Phi) is 4.87. The summed E-state index contributed by atoms with van der Waals surface area (Å²) in [6, 6.07) is 14.2. The zero-order chi connectivity index (χ0) is 18.0. The van der Waals surface area contributed by atoms with E-state index in [4.69, 9.17) is 0 Å². The van der Waals surface area contributed by atoms with E-state index in [9.17, 15) is 13.2 Å². The Morgan fingerprint density at radius 1 is 1.16 bits per heavy atom. The minimum absolute atomic E-state index is 0.134. The van der Waals surface area contributed by atoms with Gasteiger partial charge in [-0.1, -0.05) is 35.6 Å². The highest BCUT2D eigenvalue weighted by Gasteiger charge is 2.16. The monoisotopic (exact) mass is 374 g/mol. The Bertz CT molecular complexity index is 1090. The molecule has 5 nitrogen and oxygen atoms in total. The smallest absolute Gasteiger partial charge is 0.249 e. The van der Waals surface area contributed by atoms with Crippen LogP contribution >= 0.6 is 11.3 Å². The van der Waals surface area contributed by atoms with E-state index in [1.54, 1.807) is 18.2 Å². The van der Waals surface area contributed by atoms with Crippen LogP contribution in [0.15, 0.2) is 58.4 Å². The Balaban J connectivity index is 1.81. The van der Waals surface area contributed by atoms with Crippen LogP contribution in [0.4, 0.5) is 0 Å². The van der Waals surface area contributed by atoms with Gasteiger partial charge in [0, 0.05) is 13.5 Å². The van der Waals surface area contributed by atoms with Crippen molar-refractivity contribution in [2.45, 2.75) is 18.2 Å². The van der Waals surface area contributed by atoms with E-state index in [1.807, 2.05) is 36.7 Å². The molecule has 1 amide bonds. The number of thiazole rings is 1. The van der Waals surface area contributed by atoms with Gasteiger partial charge in [0.25, 0.3) is 0 Å². The third kappa shape index (κ3) is 3.88. The summed E-state index contributed by atoms with van der Waals surface area (Å²) < 4.78 is 27.4. The minimum Gasteiger partial charge on any atom is -0.319 e. The van der Waals surface area contributed by atoms with E-state index in [0.717, 1.165) is 15.8 Å². The van der Waals surface area contributed by atoms with Crippen LogP contribution in [0, 0.1) is 6.92 Å². The summed E-state index contributed by atoms with van der Waals surface area (Å²) in [7, 11) is -1.62. The second kappa shape index (κ2) is 6.93. The van der Waals surface area contributed by atoms with Crippen LogP contribution in [0.1, 0.15) is 12.0 Å². The third-order valence-electron chi connectivity index (χ3n) is 3.87. The van der Waals surface area contributed by atoms with Gasteiger partial charge >= 0.3 is 0 Å². The van der Waals surface area contributed by atoms with Crippen LogP contribution < -0.4 is 4.80 Å². The molecule has 0 bridgehead atoms. The van der Waals surface area contributed by atoms with Gasteiger partial charge in [-0.25, -0.2) is 8.42 Å². The second-order valence-electron chi connectivity index (χ2n) is 5.80. The molecule has 0 N–H and O–H groups in total. The highest BCUT2D eigenvalue weighted by Crippen LogP contribution is 2.18. The van der Waals surface area contributed by atoms with E-state index >= 15 is 0 Å². The average Bonchev–Trinajstić information content (AvgIpc) is 2.89.